The highest BCUT2D eigenvalue weighted by molar-refractivity contribution is 6.31. The Bertz CT molecular complexity index is 346. The second kappa shape index (κ2) is 5.62. The summed E-state index contributed by atoms with van der Waals surface area (Å²) in [6.07, 6.45) is 2.97. The van der Waals surface area contributed by atoms with Crippen LogP contribution in [0.15, 0.2) is 12.3 Å². The second-order valence-corrected chi connectivity index (χ2v) is 4.71. The van der Waals surface area contributed by atoms with Gasteiger partial charge >= 0.3 is 0 Å². The minimum Gasteiger partial charge on any atom is -0.315 e. The Labute approximate surface area is 102 Å². The molecule has 0 amide bonds. The van der Waals surface area contributed by atoms with Gasteiger partial charge in [0.25, 0.3) is 0 Å². The first kappa shape index (κ1) is 11.8. The monoisotopic (exact) mass is 239 g/mol. The van der Waals surface area contributed by atoms with Crippen LogP contribution in [-0.4, -0.2) is 36.1 Å². The smallest absolute Gasteiger partial charge is 0.0618 e. The van der Waals surface area contributed by atoms with Crippen LogP contribution in [0.5, 0.6) is 0 Å². The Kier molecular flexibility index (Phi) is 4.16. The Morgan fingerprint density at radius 2 is 2.31 bits per heavy atom. The first-order valence-electron chi connectivity index (χ1n) is 5.80. The highest BCUT2D eigenvalue weighted by atomic mass is 35.5. The molecule has 1 aromatic heterocycles. The van der Waals surface area contributed by atoms with Gasteiger partial charge < -0.3 is 5.32 Å². The molecule has 1 N–H and O–H groups in total. The van der Waals surface area contributed by atoms with Gasteiger partial charge in [0, 0.05) is 25.8 Å². The van der Waals surface area contributed by atoms with E-state index in [1.54, 1.807) is 6.20 Å². The van der Waals surface area contributed by atoms with Crippen molar-refractivity contribution in [1.29, 1.82) is 0 Å². The molecular weight excluding hydrogens is 222 g/mol. The summed E-state index contributed by atoms with van der Waals surface area (Å²) in [6, 6.07) is 2.08. The number of hydrogen-bond donors (Lipinski definition) is 1. The van der Waals surface area contributed by atoms with E-state index in [0.29, 0.717) is 0 Å². The quantitative estimate of drug-likeness (QED) is 0.854. The Morgan fingerprint density at radius 1 is 1.44 bits per heavy atom. The summed E-state index contributed by atoms with van der Waals surface area (Å²) in [7, 11) is 0. The molecule has 1 aliphatic rings. The molecule has 1 aliphatic heterocycles. The highest BCUT2D eigenvalue weighted by Gasteiger charge is 2.10. The van der Waals surface area contributed by atoms with Gasteiger partial charge in [-0.25, -0.2) is 0 Å². The normalized spacial score (nSPS) is 18.4. The van der Waals surface area contributed by atoms with Gasteiger partial charge in [-0.3, -0.25) is 9.88 Å². The van der Waals surface area contributed by atoms with Gasteiger partial charge in [-0.05, 0) is 38.1 Å². The molecule has 0 unspecified atom stereocenters. The van der Waals surface area contributed by atoms with Gasteiger partial charge in [-0.15, -0.1) is 0 Å². The van der Waals surface area contributed by atoms with Crippen LogP contribution in [0.1, 0.15) is 17.7 Å². The first-order chi connectivity index (χ1) is 7.75. The summed E-state index contributed by atoms with van der Waals surface area (Å²) in [5.74, 6) is 0. The number of rotatable bonds is 2. The van der Waals surface area contributed by atoms with E-state index in [9.17, 15) is 0 Å². The van der Waals surface area contributed by atoms with E-state index < -0.39 is 0 Å². The summed E-state index contributed by atoms with van der Waals surface area (Å²) in [4.78, 5) is 6.81. The van der Waals surface area contributed by atoms with Gasteiger partial charge in [0.2, 0.25) is 0 Å². The Morgan fingerprint density at radius 3 is 3.12 bits per heavy atom. The van der Waals surface area contributed by atoms with Gasteiger partial charge in [-0.2, -0.15) is 0 Å². The third-order valence-electron chi connectivity index (χ3n) is 2.92. The standard InChI is InChI=1S/C12H18ClN3/c1-10-7-11(15-8-12(10)13)9-16-5-2-3-14-4-6-16/h7-8,14H,2-6,9H2,1H3. The van der Waals surface area contributed by atoms with E-state index >= 15 is 0 Å². The predicted molar refractivity (Wildman–Crippen MR) is 66.7 cm³/mol. The molecule has 4 heteroatoms. The highest BCUT2D eigenvalue weighted by Crippen LogP contribution is 2.15. The number of halogens is 1. The summed E-state index contributed by atoms with van der Waals surface area (Å²) in [5.41, 5.74) is 2.23. The fraction of sp³-hybridized carbons (Fsp3) is 0.583. The second-order valence-electron chi connectivity index (χ2n) is 4.30. The summed E-state index contributed by atoms with van der Waals surface area (Å²) in [5, 5.41) is 4.15. The lowest BCUT2D eigenvalue weighted by Crippen LogP contribution is -2.28. The van der Waals surface area contributed by atoms with E-state index in [-0.39, 0.29) is 0 Å². The van der Waals surface area contributed by atoms with Gasteiger partial charge in [-0.1, -0.05) is 11.6 Å². The maximum atomic E-state index is 5.96. The van der Waals surface area contributed by atoms with Crippen molar-refractivity contribution >= 4 is 11.6 Å². The Hall–Kier alpha value is -0.640. The molecule has 2 rings (SSSR count). The molecule has 0 spiro atoms. The Balaban J connectivity index is 1.99. The van der Waals surface area contributed by atoms with Crippen molar-refractivity contribution in [2.75, 3.05) is 26.2 Å². The number of aromatic nitrogens is 1. The summed E-state index contributed by atoms with van der Waals surface area (Å²) in [6.45, 7) is 7.41. The van der Waals surface area contributed by atoms with E-state index in [4.69, 9.17) is 11.6 Å². The van der Waals surface area contributed by atoms with E-state index in [0.717, 1.165) is 49.0 Å². The van der Waals surface area contributed by atoms with Gasteiger partial charge in [0.15, 0.2) is 0 Å². The average Bonchev–Trinajstić information content (AvgIpc) is 2.52. The van der Waals surface area contributed by atoms with Crippen molar-refractivity contribution in [2.45, 2.75) is 19.9 Å². The third-order valence-corrected chi connectivity index (χ3v) is 3.32. The SMILES string of the molecule is Cc1cc(CN2CCCNCC2)ncc1Cl. The maximum Gasteiger partial charge on any atom is 0.0618 e. The third kappa shape index (κ3) is 3.17. The van der Waals surface area contributed by atoms with Crippen LogP contribution in [0.3, 0.4) is 0 Å². The summed E-state index contributed by atoms with van der Waals surface area (Å²) < 4.78 is 0. The van der Waals surface area contributed by atoms with Crippen LogP contribution in [0.4, 0.5) is 0 Å². The van der Waals surface area contributed by atoms with E-state index in [2.05, 4.69) is 21.3 Å². The molecule has 0 bridgehead atoms. The van der Waals surface area contributed by atoms with Crippen LogP contribution in [0.2, 0.25) is 5.02 Å². The molecule has 0 aliphatic carbocycles. The van der Waals surface area contributed by atoms with E-state index in [1.165, 1.54) is 6.42 Å². The van der Waals surface area contributed by atoms with Crippen LogP contribution in [-0.2, 0) is 6.54 Å². The predicted octanol–water partition coefficient (Wildman–Crippen LogP) is 1.84. The van der Waals surface area contributed by atoms with Gasteiger partial charge in [0.1, 0.15) is 0 Å². The summed E-state index contributed by atoms with van der Waals surface area (Å²) >= 11 is 5.96. The van der Waals surface area contributed by atoms with Crippen molar-refractivity contribution < 1.29 is 0 Å². The van der Waals surface area contributed by atoms with Crippen LogP contribution in [0, 0.1) is 6.92 Å². The van der Waals surface area contributed by atoms with Gasteiger partial charge in [0.05, 0.1) is 10.7 Å². The number of aryl methyl sites for hydroxylation is 1. The number of nitrogens with zero attached hydrogens (tertiary/aromatic N) is 2. The fourth-order valence-corrected chi connectivity index (χ4v) is 2.08. The van der Waals surface area contributed by atoms with Crippen molar-refractivity contribution in [3.05, 3.63) is 28.5 Å². The average molecular weight is 240 g/mol. The minimum absolute atomic E-state index is 0.751. The van der Waals surface area contributed by atoms with Crippen molar-refractivity contribution in [2.24, 2.45) is 0 Å². The molecule has 2 heterocycles. The first-order valence-corrected chi connectivity index (χ1v) is 6.17. The topological polar surface area (TPSA) is 28.2 Å². The number of nitrogens with one attached hydrogen (secondary N) is 1. The maximum absolute atomic E-state index is 5.96. The number of pyridine rings is 1. The molecule has 16 heavy (non-hydrogen) atoms. The lowest BCUT2D eigenvalue weighted by molar-refractivity contribution is 0.281. The zero-order valence-electron chi connectivity index (χ0n) is 9.67. The zero-order chi connectivity index (χ0) is 11.4. The zero-order valence-corrected chi connectivity index (χ0v) is 10.4. The lowest BCUT2D eigenvalue weighted by atomic mass is 10.2. The minimum atomic E-state index is 0.751. The lowest BCUT2D eigenvalue weighted by Gasteiger charge is -2.18. The molecule has 0 aromatic carbocycles. The molecule has 1 aromatic rings. The molecule has 0 atom stereocenters. The molecule has 3 nitrogen and oxygen atoms in total. The van der Waals surface area contributed by atoms with Crippen molar-refractivity contribution in [1.82, 2.24) is 15.2 Å². The molecule has 1 saturated heterocycles. The molecule has 88 valence electrons. The largest absolute Gasteiger partial charge is 0.315 e. The molecule has 0 radical (unpaired) electrons. The van der Waals surface area contributed by atoms with Crippen LogP contribution < -0.4 is 5.32 Å². The van der Waals surface area contributed by atoms with E-state index in [1.807, 2.05) is 6.92 Å². The van der Waals surface area contributed by atoms with Crippen LogP contribution in [0.25, 0.3) is 0 Å². The molecule has 1 fully saturated rings. The van der Waals surface area contributed by atoms with Crippen LogP contribution >= 0.6 is 11.6 Å². The fourth-order valence-electron chi connectivity index (χ4n) is 1.97. The van der Waals surface area contributed by atoms with Crippen molar-refractivity contribution in [3.8, 4) is 0 Å². The number of hydrogen-bond acceptors (Lipinski definition) is 3. The molecular formula is C12H18ClN3. The van der Waals surface area contributed by atoms with Crippen molar-refractivity contribution in [3.63, 3.8) is 0 Å². The molecule has 0 saturated carbocycles.